The van der Waals surface area contributed by atoms with Crippen LogP contribution in [-0.2, 0) is 20.7 Å². The zero-order valence-corrected chi connectivity index (χ0v) is 9.83. The number of methoxy groups -OCH3 is 2. The zero-order valence-electron chi connectivity index (χ0n) is 9.83. The summed E-state index contributed by atoms with van der Waals surface area (Å²) in [6, 6.07) is 0. The van der Waals surface area contributed by atoms with Gasteiger partial charge in [-0.3, -0.25) is 9.59 Å². The summed E-state index contributed by atoms with van der Waals surface area (Å²) in [5.41, 5.74) is 1.21. The SMILES string of the molecule is COC(=O)Cc1c(C)[nH]c(C(=O)OC)c1C=O. The lowest BCUT2D eigenvalue weighted by molar-refractivity contribution is -0.139. The molecule has 0 spiro atoms. The van der Waals surface area contributed by atoms with Crippen LogP contribution in [0.5, 0.6) is 0 Å². The van der Waals surface area contributed by atoms with Crippen LogP contribution in [-0.4, -0.2) is 37.4 Å². The number of rotatable bonds is 4. The number of hydrogen-bond donors (Lipinski definition) is 1. The number of esters is 2. The number of aromatic nitrogens is 1. The molecule has 0 aliphatic carbocycles. The minimum absolute atomic E-state index is 0.0545. The standard InChI is InChI=1S/C11H13NO5/c1-6-7(4-9(14)16-2)8(5-13)10(12-6)11(15)17-3/h5,12H,4H2,1-3H3. The van der Waals surface area contributed by atoms with Crippen LogP contribution < -0.4 is 0 Å². The summed E-state index contributed by atoms with van der Waals surface area (Å²) in [6.07, 6.45) is 0.456. The summed E-state index contributed by atoms with van der Waals surface area (Å²) in [6.45, 7) is 1.66. The molecule has 0 amide bonds. The van der Waals surface area contributed by atoms with E-state index < -0.39 is 11.9 Å². The van der Waals surface area contributed by atoms with Crippen molar-refractivity contribution in [1.29, 1.82) is 0 Å². The van der Waals surface area contributed by atoms with Crippen LogP contribution in [0.4, 0.5) is 0 Å². The molecule has 1 rings (SSSR count). The van der Waals surface area contributed by atoms with Gasteiger partial charge in [0.25, 0.3) is 0 Å². The minimum Gasteiger partial charge on any atom is -0.469 e. The van der Waals surface area contributed by atoms with E-state index in [1.54, 1.807) is 6.92 Å². The fourth-order valence-electron chi connectivity index (χ4n) is 1.52. The van der Waals surface area contributed by atoms with Crippen LogP contribution in [0.2, 0.25) is 0 Å². The number of aryl methyl sites for hydroxylation is 1. The average molecular weight is 239 g/mol. The predicted octanol–water partition coefficient (Wildman–Crippen LogP) is 0.638. The third-order valence-corrected chi connectivity index (χ3v) is 2.42. The number of hydrogen-bond acceptors (Lipinski definition) is 5. The van der Waals surface area contributed by atoms with E-state index in [0.717, 1.165) is 0 Å². The van der Waals surface area contributed by atoms with Crippen molar-refractivity contribution >= 4 is 18.2 Å². The maximum atomic E-state index is 11.4. The van der Waals surface area contributed by atoms with Gasteiger partial charge in [-0.05, 0) is 12.5 Å². The molecule has 1 N–H and O–H groups in total. The summed E-state index contributed by atoms with van der Waals surface area (Å²) >= 11 is 0. The quantitative estimate of drug-likeness (QED) is 0.615. The van der Waals surface area contributed by atoms with Crippen molar-refractivity contribution in [2.75, 3.05) is 14.2 Å². The average Bonchev–Trinajstić information content (AvgIpc) is 2.65. The van der Waals surface area contributed by atoms with Crippen molar-refractivity contribution in [1.82, 2.24) is 4.98 Å². The largest absolute Gasteiger partial charge is 0.469 e. The Morgan fingerprint density at radius 2 is 1.94 bits per heavy atom. The van der Waals surface area contributed by atoms with E-state index in [0.29, 0.717) is 17.5 Å². The molecule has 0 atom stereocenters. The first-order chi connectivity index (χ1) is 8.04. The molecule has 6 nitrogen and oxygen atoms in total. The van der Waals surface area contributed by atoms with Gasteiger partial charge in [-0.2, -0.15) is 0 Å². The van der Waals surface area contributed by atoms with E-state index in [4.69, 9.17) is 0 Å². The molecule has 0 saturated heterocycles. The normalized spacial score (nSPS) is 9.82. The first-order valence-electron chi connectivity index (χ1n) is 4.86. The lowest BCUT2D eigenvalue weighted by Crippen LogP contribution is -2.08. The highest BCUT2D eigenvalue weighted by molar-refractivity contribution is 5.99. The van der Waals surface area contributed by atoms with Crippen LogP contribution in [0.15, 0.2) is 0 Å². The van der Waals surface area contributed by atoms with Crippen molar-refractivity contribution in [3.8, 4) is 0 Å². The van der Waals surface area contributed by atoms with E-state index >= 15 is 0 Å². The number of aromatic amines is 1. The van der Waals surface area contributed by atoms with Crippen molar-refractivity contribution in [2.45, 2.75) is 13.3 Å². The monoisotopic (exact) mass is 239 g/mol. The Morgan fingerprint density at radius 3 is 2.41 bits per heavy atom. The van der Waals surface area contributed by atoms with Gasteiger partial charge >= 0.3 is 11.9 Å². The minimum atomic E-state index is -0.647. The Hall–Kier alpha value is -2.11. The van der Waals surface area contributed by atoms with Crippen LogP contribution in [0.25, 0.3) is 0 Å². The van der Waals surface area contributed by atoms with Crippen LogP contribution in [0.1, 0.15) is 32.1 Å². The van der Waals surface area contributed by atoms with Crippen LogP contribution >= 0.6 is 0 Å². The number of carbonyl (C=O) groups is 3. The number of carbonyl (C=O) groups excluding carboxylic acids is 3. The predicted molar refractivity (Wildman–Crippen MR) is 58.0 cm³/mol. The smallest absolute Gasteiger partial charge is 0.355 e. The lowest BCUT2D eigenvalue weighted by Gasteiger charge is -2.00. The molecule has 0 aliphatic heterocycles. The molecule has 17 heavy (non-hydrogen) atoms. The Kier molecular flexibility index (Phi) is 4.03. The second kappa shape index (κ2) is 5.29. The van der Waals surface area contributed by atoms with Gasteiger partial charge in [0.1, 0.15) is 5.69 Å². The summed E-state index contributed by atoms with van der Waals surface area (Å²) in [7, 11) is 2.47. The first-order valence-corrected chi connectivity index (χ1v) is 4.86. The number of nitrogens with one attached hydrogen (secondary N) is 1. The molecule has 0 saturated carbocycles. The molecule has 92 valence electrons. The van der Waals surface area contributed by atoms with Gasteiger partial charge < -0.3 is 14.5 Å². The molecule has 0 bridgehead atoms. The molecule has 0 fully saturated rings. The Bertz CT molecular complexity index is 461. The Labute approximate surface area is 97.9 Å². The van der Waals surface area contributed by atoms with Crippen molar-refractivity contribution in [3.05, 3.63) is 22.5 Å². The maximum Gasteiger partial charge on any atom is 0.355 e. The van der Waals surface area contributed by atoms with Gasteiger partial charge in [-0.25, -0.2) is 4.79 Å². The third-order valence-electron chi connectivity index (χ3n) is 2.42. The summed E-state index contributed by atoms with van der Waals surface area (Å²) in [5.74, 6) is -1.13. The summed E-state index contributed by atoms with van der Waals surface area (Å²) in [5, 5.41) is 0. The molecular weight excluding hydrogens is 226 g/mol. The molecule has 0 aromatic carbocycles. The number of H-pyrrole nitrogens is 1. The van der Waals surface area contributed by atoms with Crippen molar-refractivity contribution in [3.63, 3.8) is 0 Å². The number of ether oxygens (including phenoxy) is 2. The van der Waals surface area contributed by atoms with Gasteiger partial charge in [0.15, 0.2) is 6.29 Å². The van der Waals surface area contributed by atoms with Gasteiger partial charge in [0.2, 0.25) is 0 Å². The highest BCUT2D eigenvalue weighted by Gasteiger charge is 2.22. The summed E-state index contributed by atoms with van der Waals surface area (Å²) < 4.78 is 9.05. The molecule has 0 radical (unpaired) electrons. The zero-order chi connectivity index (χ0) is 13.0. The van der Waals surface area contributed by atoms with E-state index in [-0.39, 0.29) is 17.7 Å². The summed E-state index contributed by atoms with van der Waals surface area (Å²) in [4.78, 5) is 36.3. The van der Waals surface area contributed by atoms with Crippen molar-refractivity contribution in [2.24, 2.45) is 0 Å². The Morgan fingerprint density at radius 1 is 1.29 bits per heavy atom. The Balaban J connectivity index is 3.21. The lowest BCUT2D eigenvalue weighted by atomic mass is 10.1. The molecule has 1 heterocycles. The van der Waals surface area contributed by atoms with E-state index in [9.17, 15) is 14.4 Å². The van der Waals surface area contributed by atoms with Crippen LogP contribution in [0.3, 0.4) is 0 Å². The molecule has 0 unspecified atom stereocenters. The van der Waals surface area contributed by atoms with Gasteiger partial charge in [0, 0.05) is 5.69 Å². The van der Waals surface area contributed by atoms with E-state index in [1.165, 1.54) is 14.2 Å². The van der Waals surface area contributed by atoms with E-state index in [2.05, 4.69) is 14.5 Å². The van der Waals surface area contributed by atoms with Crippen molar-refractivity contribution < 1.29 is 23.9 Å². The van der Waals surface area contributed by atoms with E-state index in [1.807, 2.05) is 0 Å². The molecular formula is C11H13NO5. The van der Waals surface area contributed by atoms with Gasteiger partial charge in [-0.15, -0.1) is 0 Å². The van der Waals surface area contributed by atoms with Crippen LogP contribution in [0, 0.1) is 6.92 Å². The topological polar surface area (TPSA) is 85.5 Å². The fourth-order valence-corrected chi connectivity index (χ4v) is 1.52. The first kappa shape index (κ1) is 13.0. The highest BCUT2D eigenvalue weighted by Crippen LogP contribution is 2.18. The van der Waals surface area contributed by atoms with Gasteiger partial charge in [0.05, 0.1) is 26.2 Å². The fraction of sp³-hybridized carbons (Fsp3) is 0.364. The molecule has 0 aliphatic rings. The highest BCUT2D eigenvalue weighted by atomic mass is 16.5. The second-order valence-electron chi connectivity index (χ2n) is 3.38. The number of aldehydes is 1. The molecule has 1 aromatic heterocycles. The molecule has 1 aromatic rings. The second-order valence-corrected chi connectivity index (χ2v) is 3.38. The maximum absolute atomic E-state index is 11.4. The molecule has 6 heteroatoms. The van der Waals surface area contributed by atoms with Gasteiger partial charge in [-0.1, -0.05) is 0 Å². The third kappa shape index (κ3) is 2.52.